The van der Waals surface area contributed by atoms with Gasteiger partial charge in [0.25, 0.3) is 0 Å². The summed E-state index contributed by atoms with van der Waals surface area (Å²) in [6, 6.07) is 6.14. The quantitative estimate of drug-likeness (QED) is 0.666. The molecule has 1 saturated carbocycles. The van der Waals surface area contributed by atoms with E-state index in [0.717, 1.165) is 54.1 Å². The molecule has 1 aliphatic carbocycles. The predicted octanol–water partition coefficient (Wildman–Crippen LogP) is 1.98. The Morgan fingerprint density at radius 3 is 2.83 bits per heavy atom. The highest BCUT2D eigenvalue weighted by atomic mass is 32.2. The molecule has 1 aromatic heterocycles. The number of morpholine rings is 1. The van der Waals surface area contributed by atoms with E-state index in [-0.39, 0.29) is 18.0 Å². The molecule has 1 unspecified atom stereocenters. The van der Waals surface area contributed by atoms with Crippen molar-refractivity contribution < 1.29 is 19.0 Å². The molecule has 2 aliphatic heterocycles. The summed E-state index contributed by atoms with van der Waals surface area (Å²) < 4.78 is 18.4. The second kappa shape index (κ2) is 8.35. The zero-order valence-electron chi connectivity index (χ0n) is 16.9. The molecule has 9 nitrogen and oxygen atoms in total. The maximum atomic E-state index is 12.7. The molecule has 160 valence electrons. The monoisotopic (exact) mass is 431 g/mol. The third-order valence-electron chi connectivity index (χ3n) is 5.41. The fourth-order valence-electron chi connectivity index (χ4n) is 3.58. The molecule has 0 spiro atoms. The lowest BCUT2D eigenvalue weighted by Crippen LogP contribution is -2.38. The van der Waals surface area contributed by atoms with Crippen LogP contribution in [0.2, 0.25) is 0 Å². The topological polar surface area (TPSA) is 90.7 Å². The number of rotatable bonds is 7. The molecule has 1 N–H and O–H groups in total. The summed E-state index contributed by atoms with van der Waals surface area (Å²) in [5.74, 6) is 2.33. The molecule has 3 heterocycles. The van der Waals surface area contributed by atoms with E-state index in [1.54, 1.807) is 0 Å². The predicted molar refractivity (Wildman–Crippen MR) is 111 cm³/mol. The summed E-state index contributed by atoms with van der Waals surface area (Å²) in [7, 11) is 0. The molecule has 0 radical (unpaired) electrons. The smallest absolute Gasteiger partial charge is 0.233 e. The number of nitrogens with zero attached hydrogens (tertiary/aromatic N) is 4. The first-order valence-electron chi connectivity index (χ1n) is 10.3. The van der Waals surface area contributed by atoms with Gasteiger partial charge in [-0.1, -0.05) is 17.8 Å². The van der Waals surface area contributed by atoms with Crippen LogP contribution < -0.4 is 19.7 Å². The van der Waals surface area contributed by atoms with Crippen LogP contribution in [0.3, 0.4) is 0 Å². The number of nitrogens with one attached hydrogen (secondary N) is 1. The molecule has 10 heteroatoms. The van der Waals surface area contributed by atoms with Gasteiger partial charge in [-0.2, -0.15) is 0 Å². The van der Waals surface area contributed by atoms with E-state index in [1.165, 1.54) is 11.8 Å². The van der Waals surface area contributed by atoms with E-state index in [4.69, 9.17) is 14.2 Å². The van der Waals surface area contributed by atoms with Crippen molar-refractivity contribution in [2.45, 2.75) is 42.8 Å². The highest BCUT2D eigenvalue weighted by Gasteiger charge is 2.33. The van der Waals surface area contributed by atoms with Crippen molar-refractivity contribution in [1.82, 2.24) is 20.1 Å². The van der Waals surface area contributed by atoms with E-state index in [2.05, 4.69) is 25.0 Å². The third-order valence-corrected chi connectivity index (χ3v) is 6.46. The number of hydrogen-bond acceptors (Lipinski definition) is 8. The van der Waals surface area contributed by atoms with Crippen LogP contribution in [0, 0.1) is 0 Å². The zero-order chi connectivity index (χ0) is 20.5. The van der Waals surface area contributed by atoms with Crippen LogP contribution in [0.4, 0.5) is 5.95 Å². The molecule has 2 aromatic rings. The second-order valence-corrected chi connectivity index (χ2v) is 8.96. The first kappa shape index (κ1) is 19.5. The number of carbonyl (C=O) groups is 1. The molecule has 1 aromatic carbocycles. The lowest BCUT2D eigenvalue weighted by Gasteiger charge is -2.28. The number of thioether (sulfide) groups is 1. The van der Waals surface area contributed by atoms with Crippen molar-refractivity contribution in [2.75, 3.05) is 38.0 Å². The van der Waals surface area contributed by atoms with Crippen LogP contribution in [0.15, 0.2) is 23.4 Å². The SMILES string of the molecule is CC(Sc1nnc(N2CCOCC2)n1C1CC1)C(=O)NCc1ccc2c(c1)OCO2. The molecule has 1 amide bonds. The number of hydrogen-bond donors (Lipinski definition) is 1. The van der Waals surface area contributed by atoms with Crippen LogP contribution in [-0.2, 0) is 16.1 Å². The number of carbonyl (C=O) groups excluding carboxylic acids is 1. The average molecular weight is 432 g/mol. The summed E-state index contributed by atoms with van der Waals surface area (Å²) in [5.41, 5.74) is 0.973. The van der Waals surface area contributed by atoms with Gasteiger partial charge >= 0.3 is 0 Å². The number of ether oxygens (including phenoxy) is 3. The second-order valence-electron chi connectivity index (χ2n) is 7.65. The van der Waals surface area contributed by atoms with Gasteiger partial charge in [0.05, 0.1) is 18.5 Å². The van der Waals surface area contributed by atoms with E-state index >= 15 is 0 Å². The number of anilines is 1. The van der Waals surface area contributed by atoms with Gasteiger partial charge in [-0.3, -0.25) is 9.36 Å². The minimum absolute atomic E-state index is 0.0315. The average Bonchev–Trinajstić information content (AvgIpc) is 3.35. The van der Waals surface area contributed by atoms with Crippen molar-refractivity contribution in [1.29, 1.82) is 0 Å². The number of fused-ring (bicyclic) bond motifs is 1. The minimum Gasteiger partial charge on any atom is -0.454 e. The van der Waals surface area contributed by atoms with Crippen LogP contribution in [0.25, 0.3) is 0 Å². The van der Waals surface area contributed by atoms with Crippen molar-refractivity contribution >= 4 is 23.6 Å². The van der Waals surface area contributed by atoms with Gasteiger partial charge in [0.15, 0.2) is 16.7 Å². The molecule has 1 atom stereocenters. The summed E-state index contributed by atoms with van der Waals surface area (Å²) in [5, 5.41) is 12.4. The Morgan fingerprint density at radius 2 is 2.03 bits per heavy atom. The summed E-state index contributed by atoms with van der Waals surface area (Å²) in [4.78, 5) is 14.9. The largest absolute Gasteiger partial charge is 0.454 e. The normalized spacial score (nSPS) is 19.0. The molecular weight excluding hydrogens is 406 g/mol. The van der Waals surface area contributed by atoms with Crippen molar-refractivity contribution in [3.63, 3.8) is 0 Å². The summed E-state index contributed by atoms with van der Waals surface area (Å²) in [6.07, 6.45) is 2.27. The zero-order valence-corrected chi connectivity index (χ0v) is 17.7. The summed E-state index contributed by atoms with van der Waals surface area (Å²) >= 11 is 1.46. The molecular formula is C20H25N5O4S. The van der Waals surface area contributed by atoms with Crippen LogP contribution in [0.5, 0.6) is 11.5 Å². The van der Waals surface area contributed by atoms with Gasteiger partial charge in [0.1, 0.15) is 0 Å². The Morgan fingerprint density at radius 1 is 1.23 bits per heavy atom. The molecule has 5 rings (SSSR count). The fourth-order valence-corrected chi connectivity index (χ4v) is 4.52. The van der Waals surface area contributed by atoms with Gasteiger partial charge < -0.3 is 24.4 Å². The van der Waals surface area contributed by atoms with Crippen LogP contribution in [0.1, 0.15) is 31.4 Å². The first-order chi connectivity index (χ1) is 14.7. The highest BCUT2D eigenvalue weighted by molar-refractivity contribution is 8.00. The third kappa shape index (κ3) is 4.06. The van der Waals surface area contributed by atoms with Crippen molar-refractivity contribution in [3.8, 4) is 11.5 Å². The maximum Gasteiger partial charge on any atom is 0.233 e. The first-order valence-corrected chi connectivity index (χ1v) is 11.2. The number of amides is 1. The van der Waals surface area contributed by atoms with Crippen LogP contribution in [-0.4, -0.2) is 59.0 Å². The van der Waals surface area contributed by atoms with Crippen LogP contribution >= 0.6 is 11.8 Å². The van der Waals surface area contributed by atoms with E-state index in [1.807, 2.05) is 25.1 Å². The van der Waals surface area contributed by atoms with Crippen molar-refractivity contribution in [2.24, 2.45) is 0 Å². The minimum atomic E-state index is -0.279. The number of benzene rings is 1. The van der Waals surface area contributed by atoms with Gasteiger partial charge in [0, 0.05) is 25.7 Å². The van der Waals surface area contributed by atoms with Gasteiger partial charge in [-0.15, -0.1) is 10.2 Å². The summed E-state index contributed by atoms with van der Waals surface area (Å²) in [6.45, 7) is 5.64. The maximum absolute atomic E-state index is 12.7. The Kier molecular flexibility index (Phi) is 5.43. The molecule has 1 saturated heterocycles. The van der Waals surface area contributed by atoms with E-state index < -0.39 is 0 Å². The standard InChI is InChI=1S/C20H25N5O4S/c1-13(18(26)21-11-14-2-5-16-17(10-14)29-12-28-16)30-20-23-22-19(25(20)15-3-4-15)24-6-8-27-9-7-24/h2,5,10,13,15H,3-4,6-9,11-12H2,1H3,(H,21,26). The van der Waals surface area contributed by atoms with E-state index in [9.17, 15) is 4.79 Å². The molecule has 2 fully saturated rings. The lowest BCUT2D eigenvalue weighted by atomic mass is 10.2. The van der Waals surface area contributed by atoms with E-state index in [0.29, 0.717) is 25.8 Å². The number of aromatic nitrogens is 3. The van der Waals surface area contributed by atoms with Gasteiger partial charge in [-0.25, -0.2) is 0 Å². The van der Waals surface area contributed by atoms with Gasteiger partial charge in [-0.05, 0) is 37.5 Å². The Labute approximate surface area is 179 Å². The Bertz CT molecular complexity index is 926. The highest BCUT2D eigenvalue weighted by Crippen LogP contribution is 2.41. The molecule has 30 heavy (non-hydrogen) atoms. The lowest BCUT2D eigenvalue weighted by molar-refractivity contribution is -0.120. The Balaban J connectivity index is 1.22. The molecule has 0 bridgehead atoms. The fraction of sp³-hybridized carbons (Fsp3) is 0.550. The Hall–Kier alpha value is -2.46. The molecule has 3 aliphatic rings. The van der Waals surface area contributed by atoms with Crippen molar-refractivity contribution in [3.05, 3.63) is 23.8 Å². The van der Waals surface area contributed by atoms with Gasteiger partial charge in [0.2, 0.25) is 18.6 Å².